The molecule has 0 aliphatic rings. The molecule has 1 aromatic heterocycles. The Balaban J connectivity index is 2.86. The van der Waals surface area contributed by atoms with Crippen molar-refractivity contribution in [2.75, 3.05) is 7.05 Å². The molecule has 0 saturated carbocycles. The normalized spacial score (nSPS) is 11.3. The fourth-order valence-corrected chi connectivity index (χ4v) is 1.50. The van der Waals surface area contributed by atoms with Crippen molar-refractivity contribution in [3.8, 4) is 0 Å². The first kappa shape index (κ1) is 13.6. The summed E-state index contributed by atoms with van der Waals surface area (Å²) in [5, 5.41) is 8.89. The highest BCUT2D eigenvalue weighted by Gasteiger charge is 2.32. The standard InChI is InChI=1S/C11H14ClNO4/c1-11(2,6-9(14)15)13(3)10(16)7-4-5-8(12)17-7/h4-5H,6H2,1-3H3,(H,14,15). The number of hydrogen-bond acceptors (Lipinski definition) is 3. The van der Waals surface area contributed by atoms with Gasteiger partial charge < -0.3 is 14.4 Å². The zero-order valence-electron chi connectivity index (χ0n) is 9.86. The first-order chi connectivity index (χ1) is 7.74. The molecule has 94 valence electrons. The summed E-state index contributed by atoms with van der Waals surface area (Å²) in [5.41, 5.74) is -0.803. The lowest BCUT2D eigenvalue weighted by atomic mass is 9.98. The topological polar surface area (TPSA) is 70.8 Å². The molecule has 0 atom stereocenters. The zero-order chi connectivity index (χ0) is 13.2. The van der Waals surface area contributed by atoms with Crippen LogP contribution in [0.2, 0.25) is 5.22 Å². The molecule has 0 aliphatic carbocycles. The highest BCUT2D eigenvalue weighted by atomic mass is 35.5. The Labute approximate surface area is 104 Å². The molecule has 1 N–H and O–H groups in total. The summed E-state index contributed by atoms with van der Waals surface area (Å²) in [6.45, 7) is 3.34. The van der Waals surface area contributed by atoms with Crippen LogP contribution in [0.4, 0.5) is 0 Å². The number of rotatable bonds is 4. The van der Waals surface area contributed by atoms with Crippen LogP contribution >= 0.6 is 11.6 Å². The van der Waals surface area contributed by atoms with Crippen LogP contribution < -0.4 is 0 Å². The van der Waals surface area contributed by atoms with Crippen LogP contribution in [0.25, 0.3) is 0 Å². The van der Waals surface area contributed by atoms with E-state index in [1.807, 2.05) is 0 Å². The highest BCUT2D eigenvalue weighted by molar-refractivity contribution is 6.29. The van der Waals surface area contributed by atoms with Crippen molar-refractivity contribution in [2.24, 2.45) is 0 Å². The third-order valence-electron chi connectivity index (χ3n) is 2.58. The van der Waals surface area contributed by atoms with Gasteiger partial charge in [0, 0.05) is 12.6 Å². The van der Waals surface area contributed by atoms with Gasteiger partial charge >= 0.3 is 5.97 Å². The second-order valence-corrected chi connectivity index (χ2v) is 4.72. The quantitative estimate of drug-likeness (QED) is 0.900. The Morgan fingerprint density at radius 1 is 1.47 bits per heavy atom. The SMILES string of the molecule is CN(C(=O)c1ccc(Cl)o1)C(C)(C)CC(=O)O. The summed E-state index contributed by atoms with van der Waals surface area (Å²) < 4.78 is 4.99. The first-order valence-corrected chi connectivity index (χ1v) is 5.37. The maximum atomic E-state index is 12.0. The Morgan fingerprint density at radius 3 is 2.47 bits per heavy atom. The molecule has 0 aromatic carbocycles. The number of carboxylic acids is 1. The van der Waals surface area contributed by atoms with E-state index >= 15 is 0 Å². The maximum Gasteiger partial charge on any atom is 0.305 e. The summed E-state index contributed by atoms with van der Waals surface area (Å²) >= 11 is 5.58. The van der Waals surface area contributed by atoms with Crippen molar-refractivity contribution >= 4 is 23.5 Å². The van der Waals surface area contributed by atoms with Crippen molar-refractivity contribution in [3.63, 3.8) is 0 Å². The van der Waals surface area contributed by atoms with E-state index in [0.29, 0.717) is 0 Å². The Morgan fingerprint density at radius 2 is 2.06 bits per heavy atom. The molecule has 1 rings (SSSR count). The van der Waals surface area contributed by atoms with E-state index in [4.69, 9.17) is 21.1 Å². The Bertz CT molecular complexity index is 438. The molecule has 1 amide bonds. The average Bonchev–Trinajstić information content (AvgIpc) is 2.60. The summed E-state index contributed by atoms with van der Waals surface area (Å²) in [7, 11) is 1.53. The summed E-state index contributed by atoms with van der Waals surface area (Å²) in [6.07, 6.45) is -0.149. The van der Waals surface area contributed by atoms with Crippen LogP contribution in [-0.2, 0) is 4.79 Å². The van der Waals surface area contributed by atoms with Gasteiger partial charge in [0.15, 0.2) is 11.0 Å². The minimum Gasteiger partial charge on any atom is -0.481 e. The van der Waals surface area contributed by atoms with Crippen molar-refractivity contribution in [3.05, 3.63) is 23.1 Å². The molecular formula is C11H14ClNO4. The monoisotopic (exact) mass is 259 g/mol. The van der Waals surface area contributed by atoms with Crippen LogP contribution in [0.15, 0.2) is 16.5 Å². The summed E-state index contributed by atoms with van der Waals surface area (Å²) in [4.78, 5) is 24.0. The number of carboxylic acid groups (broad SMARTS) is 1. The predicted molar refractivity (Wildman–Crippen MR) is 62.1 cm³/mol. The third-order valence-corrected chi connectivity index (χ3v) is 2.78. The van der Waals surface area contributed by atoms with Crippen molar-refractivity contribution in [2.45, 2.75) is 25.8 Å². The van der Waals surface area contributed by atoms with E-state index in [0.717, 1.165) is 0 Å². The number of amides is 1. The lowest BCUT2D eigenvalue weighted by Crippen LogP contribution is -2.46. The molecule has 6 heteroatoms. The van der Waals surface area contributed by atoms with Gasteiger partial charge in [-0.1, -0.05) is 0 Å². The second kappa shape index (κ2) is 4.79. The molecule has 0 radical (unpaired) electrons. The van der Waals surface area contributed by atoms with Crippen LogP contribution in [0.3, 0.4) is 0 Å². The van der Waals surface area contributed by atoms with E-state index < -0.39 is 17.4 Å². The smallest absolute Gasteiger partial charge is 0.305 e. The predicted octanol–water partition coefficient (Wildman–Crippen LogP) is 2.26. The molecule has 0 bridgehead atoms. The second-order valence-electron chi connectivity index (χ2n) is 4.35. The van der Waals surface area contributed by atoms with Crippen molar-refractivity contribution in [1.82, 2.24) is 4.90 Å². The lowest BCUT2D eigenvalue weighted by molar-refractivity contribution is -0.139. The van der Waals surface area contributed by atoms with Gasteiger partial charge in [-0.2, -0.15) is 0 Å². The third kappa shape index (κ3) is 3.23. The highest BCUT2D eigenvalue weighted by Crippen LogP contribution is 2.21. The lowest BCUT2D eigenvalue weighted by Gasteiger charge is -2.33. The van der Waals surface area contributed by atoms with Gasteiger partial charge in [-0.05, 0) is 37.6 Å². The van der Waals surface area contributed by atoms with Gasteiger partial charge in [0.2, 0.25) is 0 Å². The van der Waals surface area contributed by atoms with Crippen molar-refractivity contribution in [1.29, 1.82) is 0 Å². The summed E-state index contributed by atoms with van der Waals surface area (Å²) in [5.74, 6) is -1.27. The molecule has 0 aliphatic heterocycles. The van der Waals surface area contributed by atoms with Gasteiger partial charge in [-0.25, -0.2) is 0 Å². The number of nitrogens with zero attached hydrogens (tertiary/aromatic N) is 1. The Kier molecular flexibility index (Phi) is 3.83. The molecule has 0 fully saturated rings. The van der Waals surface area contributed by atoms with Crippen LogP contribution in [-0.4, -0.2) is 34.5 Å². The molecule has 5 nitrogen and oxygen atoms in total. The van der Waals surface area contributed by atoms with Gasteiger partial charge in [-0.3, -0.25) is 9.59 Å². The van der Waals surface area contributed by atoms with Gasteiger partial charge in [0.1, 0.15) is 0 Å². The van der Waals surface area contributed by atoms with E-state index in [9.17, 15) is 9.59 Å². The molecule has 17 heavy (non-hydrogen) atoms. The van der Waals surface area contributed by atoms with E-state index in [1.54, 1.807) is 13.8 Å². The first-order valence-electron chi connectivity index (χ1n) is 4.99. The molecule has 0 spiro atoms. The molecular weight excluding hydrogens is 246 g/mol. The van der Waals surface area contributed by atoms with Crippen LogP contribution in [0.5, 0.6) is 0 Å². The number of carbonyl (C=O) groups excluding carboxylic acids is 1. The average molecular weight is 260 g/mol. The number of aliphatic carboxylic acids is 1. The van der Waals surface area contributed by atoms with Crippen LogP contribution in [0, 0.1) is 0 Å². The number of hydrogen-bond donors (Lipinski definition) is 1. The van der Waals surface area contributed by atoms with E-state index in [2.05, 4.69) is 0 Å². The van der Waals surface area contributed by atoms with Gasteiger partial charge in [-0.15, -0.1) is 0 Å². The fraction of sp³-hybridized carbons (Fsp3) is 0.455. The summed E-state index contributed by atoms with van der Waals surface area (Å²) in [6, 6.07) is 2.92. The van der Waals surface area contributed by atoms with E-state index in [1.165, 1.54) is 24.1 Å². The zero-order valence-corrected chi connectivity index (χ0v) is 10.6. The van der Waals surface area contributed by atoms with E-state index in [-0.39, 0.29) is 17.4 Å². The van der Waals surface area contributed by atoms with Crippen LogP contribution in [0.1, 0.15) is 30.8 Å². The minimum absolute atomic E-state index is 0.0935. The molecule has 1 heterocycles. The number of halogens is 1. The van der Waals surface area contributed by atoms with Gasteiger partial charge in [0.05, 0.1) is 6.42 Å². The fourth-order valence-electron chi connectivity index (χ4n) is 1.36. The van der Waals surface area contributed by atoms with Gasteiger partial charge in [0.25, 0.3) is 5.91 Å². The molecule has 1 aromatic rings. The minimum atomic E-state index is -0.966. The molecule has 0 unspecified atom stereocenters. The largest absolute Gasteiger partial charge is 0.481 e. The molecule has 0 saturated heterocycles. The van der Waals surface area contributed by atoms with Crippen molar-refractivity contribution < 1.29 is 19.1 Å². The maximum absolute atomic E-state index is 12.0. The number of furan rings is 1. The number of carbonyl (C=O) groups is 2. The Hall–Kier alpha value is -1.49.